The van der Waals surface area contributed by atoms with Gasteiger partial charge in [-0.25, -0.2) is 0 Å². The molecule has 0 spiro atoms. The van der Waals surface area contributed by atoms with Crippen molar-refractivity contribution in [1.29, 1.82) is 0 Å². The summed E-state index contributed by atoms with van der Waals surface area (Å²) in [5, 5.41) is 8.04. The molecule has 0 fully saturated rings. The fourth-order valence-electron chi connectivity index (χ4n) is 4.61. The van der Waals surface area contributed by atoms with Crippen molar-refractivity contribution < 1.29 is 4.79 Å². The van der Waals surface area contributed by atoms with E-state index in [0.29, 0.717) is 26.1 Å². The molecule has 2 aliphatic heterocycles. The van der Waals surface area contributed by atoms with Crippen LogP contribution in [0.25, 0.3) is 5.65 Å². The number of aliphatic imine (C=N–C) groups is 1. The van der Waals surface area contributed by atoms with Crippen LogP contribution in [0.5, 0.6) is 0 Å². The molecule has 6 heteroatoms. The number of carbonyl (C=O) groups is 1. The Morgan fingerprint density at radius 3 is 2.87 bits per heavy atom. The van der Waals surface area contributed by atoms with Crippen molar-refractivity contribution in [2.75, 3.05) is 0 Å². The van der Waals surface area contributed by atoms with Crippen LogP contribution in [0.4, 0.5) is 0 Å². The third kappa shape index (κ3) is 3.11. The van der Waals surface area contributed by atoms with Crippen LogP contribution in [0.1, 0.15) is 38.9 Å². The minimum Gasteiger partial charge on any atom is -0.334 e. The lowest BCUT2D eigenvalue weighted by Crippen LogP contribution is -2.35. The number of rotatable bonds is 3. The van der Waals surface area contributed by atoms with Crippen molar-refractivity contribution in [2.24, 2.45) is 4.99 Å². The van der Waals surface area contributed by atoms with Gasteiger partial charge in [-0.15, -0.1) is 10.2 Å². The van der Waals surface area contributed by atoms with E-state index in [4.69, 9.17) is 4.99 Å². The van der Waals surface area contributed by atoms with Crippen LogP contribution < -0.4 is 0 Å². The summed E-state index contributed by atoms with van der Waals surface area (Å²) in [4.78, 5) is 19.6. The maximum Gasteiger partial charge on any atom is 0.227 e. The quantitative estimate of drug-likeness (QED) is 0.522. The number of pyridine rings is 1. The van der Waals surface area contributed by atoms with E-state index >= 15 is 0 Å². The molecule has 0 saturated heterocycles. The number of carbonyl (C=O) groups excluding carboxylic acids is 1. The molecule has 1 amide bonds. The third-order valence-corrected chi connectivity index (χ3v) is 6.16. The van der Waals surface area contributed by atoms with Crippen LogP contribution in [-0.2, 0) is 30.8 Å². The molecule has 4 heterocycles. The van der Waals surface area contributed by atoms with Crippen LogP contribution in [0.15, 0.2) is 66.0 Å². The molecule has 4 aromatic rings. The maximum atomic E-state index is 12.8. The molecule has 0 unspecified atom stereocenters. The Morgan fingerprint density at radius 2 is 1.97 bits per heavy atom. The molecule has 2 aromatic heterocycles. The average Bonchev–Trinajstić information content (AvgIpc) is 3.39. The molecule has 0 atom stereocenters. The normalized spacial score (nSPS) is 15.2. The molecule has 0 bridgehead atoms. The summed E-state index contributed by atoms with van der Waals surface area (Å²) in [6.07, 6.45) is 4.18. The third-order valence-electron chi connectivity index (χ3n) is 6.16. The predicted molar refractivity (Wildman–Crippen MR) is 118 cm³/mol. The largest absolute Gasteiger partial charge is 0.334 e. The number of benzene rings is 2. The first kappa shape index (κ1) is 18.0. The molecule has 0 aliphatic carbocycles. The van der Waals surface area contributed by atoms with E-state index in [0.717, 1.165) is 28.0 Å². The van der Waals surface area contributed by atoms with Gasteiger partial charge in [-0.1, -0.05) is 35.9 Å². The lowest BCUT2D eigenvalue weighted by Gasteiger charge is -2.29. The molecule has 6 nitrogen and oxygen atoms in total. The fourth-order valence-corrected chi connectivity index (χ4v) is 4.61. The van der Waals surface area contributed by atoms with Gasteiger partial charge >= 0.3 is 0 Å². The second-order valence-corrected chi connectivity index (χ2v) is 8.37. The van der Waals surface area contributed by atoms with Gasteiger partial charge in [0, 0.05) is 30.4 Å². The average molecular weight is 407 g/mol. The number of hydrogen-bond acceptors (Lipinski definition) is 4. The van der Waals surface area contributed by atoms with E-state index in [9.17, 15) is 4.79 Å². The molecule has 31 heavy (non-hydrogen) atoms. The van der Waals surface area contributed by atoms with Gasteiger partial charge in [0.05, 0.1) is 18.7 Å². The maximum absolute atomic E-state index is 12.8. The Labute approximate surface area is 179 Å². The highest BCUT2D eigenvalue weighted by Gasteiger charge is 2.27. The number of fused-ring (bicyclic) bond motifs is 3. The minimum absolute atomic E-state index is 0.186. The first-order chi connectivity index (χ1) is 15.1. The van der Waals surface area contributed by atoms with E-state index in [1.54, 1.807) is 6.33 Å². The molecule has 2 aromatic carbocycles. The first-order valence-electron chi connectivity index (χ1n) is 10.5. The van der Waals surface area contributed by atoms with Gasteiger partial charge in [0.15, 0.2) is 5.65 Å². The SMILES string of the molecule is Cc1cccc(CN2Cc3cc4c(cc3CC2=O)CN=C4c2ccc3nncn3c2)c1. The van der Waals surface area contributed by atoms with E-state index < -0.39 is 0 Å². The van der Waals surface area contributed by atoms with Crippen molar-refractivity contribution in [3.8, 4) is 0 Å². The van der Waals surface area contributed by atoms with Crippen molar-refractivity contribution in [3.63, 3.8) is 0 Å². The smallest absolute Gasteiger partial charge is 0.227 e. The van der Waals surface area contributed by atoms with Crippen molar-refractivity contribution >= 4 is 17.3 Å². The Balaban J connectivity index is 1.33. The van der Waals surface area contributed by atoms with Crippen LogP contribution in [0.3, 0.4) is 0 Å². The van der Waals surface area contributed by atoms with Crippen molar-refractivity contribution in [3.05, 3.63) is 100.0 Å². The van der Waals surface area contributed by atoms with Gasteiger partial charge in [-0.2, -0.15) is 0 Å². The zero-order valence-corrected chi connectivity index (χ0v) is 17.2. The van der Waals surface area contributed by atoms with E-state index in [2.05, 4.69) is 53.5 Å². The monoisotopic (exact) mass is 407 g/mol. The zero-order chi connectivity index (χ0) is 20.9. The summed E-state index contributed by atoms with van der Waals surface area (Å²) in [5.74, 6) is 0.186. The molecular weight excluding hydrogens is 386 g/mol. The van der Waals surface area contributed by atoms with Crippen LogP contribution in [-0.4, -0.2) is 31.1 Å². The number of aryl methyl sites for hydroxylation is 1. The van der Waals surface area contributed by atoms with E-state index in [1.807, 2.05) is 27.6 Å². The van der Waals surface area contributed by atoms with Crippen LogP contribution in [0, 0.1) is 6.92 Å². The standard InChI is InChI=1S/C25H21N5O/c1-16-3-2-4-17(7-16)12-29-14-21-9-22-20(8-19(21)10-24(29)31)11-26-25(22)18-5-6-23-28-27-15-30(23)13-18/h2-9,13,15H,10-12,14H2,1H3. The second kappa shape index (κ2) is 6.87. The van der Waals surface area contributed by atoms with Gasteiger partial charge < -0.3 is 4.90 Å². The van der Waals surface area contributed by atoms with Gasteiger partial charge in [-0.3, -0.25) is 14.2 Å². The van der Waals surface area contributed by atoms with Crippen LogP contribution >= 0.6 is 0 Å². The Morgan fingerprint density at radius 1 is 1.03 bits per heavy atom. The molecular formula is C25H21N5O. The lowest BCUT2D eigenvalue weighted by atomic mass is 9.91. The first-order valence-corrected chi connectivity index (χ1v) is 10.5. The number of nitrogens with zero attached hydrogens (tertiary/aromatic N) is 5. The highest BCUT2D eigenvalue weighted by molar-refractivity contribution is 6.15. The van der Waals surface area contributed by atoms with Gasteiger partial charge in [-0.05, 0) is 47.4 Å². The van der Waals surface area contributed by atoms with Gasteiger partial charge in [0.2, 0.25) is 5.91 Å². The van der Waals surface area contributed by atoms with Crippen molar-refractivity contribution in [1.82, 2.24) is 19.5 Å². The van der Waals surface area contributed by atoms with E-state index in [-0.39, 0.29) is 5.91 Å². The minimum atomic E-state index is 0.186. The summed E-state index contributed by atoms with van der Waals surface area (Å²) >= 11 is 0. The van der Waals surface area contributed by atoms with Gasteiger partial charge in [0.1, 0.15) is 6.33 Å². The highest BCUT2D eigenvalue weighted by Crippen LogP contribution is 2.30. The zero-order valence-electron chi connectivity index (χ0n) is 17.2. The number of aromatic nitrogens is 3. The molecule has 6 rings (SSSR count). The van der Waals surface area contributed by atoms with Gasteiger partial charge in [0.25, 0.3) is 0 Å². The van der Waals surface area contributed by atoms with Crippen LogP contribution in [0.2, 0.25) is 0 Å². The second-order valence-electron chi connectivity index (χ2n) is 8.37. The summed E-state index contributed by atoms with van der Waals surface area (Å²) in [6.45, 7) is 4.01. The number of hydrogen-bond donors (Lipinski definition) is 0. The number of amides is 1. The topological polar surface area (TPSA) is 62.9 Å². The Kier molecular flexibility index (Phi) is 3.99. The Bertz CT molecular complexity index is 1380. The molecule has 0 saturated carbocycles. The molecule has 152 valence electrons. The Hall–Kier alpha value is -3.80. The molecule has 2 aliphatic rings. The summed E-state index contributed by atoms with van der Waals surface area (Å²) in [5.41, 5.74) is 9.95. The summed E-state index contributed by atoms with van der Waals surface area (Å²) < 4.78 is 1.91. The molecule has 0 N–H and O–H groups in total. The summed E-state index contributed by atoms with van der Waals surface area (Å²) in [7, 11) is 0. The lowest BCUT2D eigenvalue weighted by molar-refractivity contribution is -0.132. The fraction of sp³-hybridized carbons (Fsp3) is 0.200. The highest BCUT2D eigenvalue weighted by atomic mass is 16.2. The summed E-state index contributed by atoms with van der Waals surface area (Å²) in [6, 6.07) is 16.8. The molecule has 0 radical (unpaired) electrons. The van der Waals surface area contributed by atoms with E-state index in [1.165, 1.54) is 22.3 Å². The predicted octanol–water partition coefficient (Wildman–Crippen LogP) is 3.47. The van der Waals surface area contributed by atoms with Crippen molar-refractivity contribution in [2.45, 2.75) is 33.0 Å².